The van der Waals surface area contributed by atoms with Crippen molar-refractivity contribution in [2.75, 3.05) is 11.9 Å². The highest BCUT2D eigenvalue weighted by Crippen LogP contribution is 2.36. The van der Waals surface area contributed by atoms with E-state index in [4.69, 9.17) is 0 Å². The van der Waals surface area contributed by atoms with Crippen LogP contribution in [0.2, 0.25) is 0 Å². The summed E-state index contributed by atoms with van der Waals surface area (Å²) in [5.41, 5.74) is 2.03. The Labute approximate surface area is 141 Å². The number of halogens is 3. The highest BCUT2D eigenvalue weighted by molar-refractivity contribution is 14.1. The zero-order valence-corrected chi connectivity index (χ0v) is 13.8. The van der Waals surface area contributed by atoms with Gasteiger partial charge in [-0.25, -0.2) is 8.78 Å². The Morgan fingerprint density at radius 2 is 1.91 bits per heavy atom. The van der Waals surface area contributed by atoms with E-state index < -0.39 is 5.41 Å². The van der Waals surface area contributed by atoms with Crippen molar-refractivity contribution in [3.8, 4) is 6.07 Å². The summed E-state index contributed by atoms with van der Waals surface area (Å²) in [5.74, 6) is -0.564. The third kappa shape index (κ3) is 2.93. The van der Waals surface area contributed by atoms with Gasteiger partial charge in [-0.3, -0.25) is 0 Å². The van der Waals surface area contributed by atoms with Gasteiger partial charge in [-0.15, -0.1) is 0 Å². The first kappa shape index (κ1) is 15.2. The Bertz CT molecular complexity index is 770. The van der Waals surface area contributed by atoms with Gasteiger partial charge in [0.1, 0.15) is 11.6 Å². The number of hydrogen-bond acceptors (Lipinski definition) is 2. The van der Waals surface area contributed by atoms with Gasteiger partial charge in [-0.1, -0.05) is 12.1 Å². The molecule has 22 heavy (non-hydrogen) atoms. The van der Waals surface area contributed by atoms with Gasteiger partial charge in [-0.05, 0) is 70.8 Å². The van der Waals surface area contributed by atoms with Gasteiger partial charge in [0.25, 0.3) is 0 Å². The zero-order chi connectivity index (χ0) is 15.7. The van der Waals surface area contributed by atoms with Crippen molar-refractivity contribution in [1.82, 2.24) is 0 Å². The molecule has 0 amide bonds. The second kappa shape index (κ2) is 5.84. The summed E-state index contributed by atoms with van der Waals surface area (Å²) in [7, 11) is 0. The maximum atomic E-state index is 13.3. The number of benzene rings is 2. The average Bonchev–Trinajstić information content (AvgIpc) is 2.50. The number of fused-ring (bicyclic) bond motifs is 1. The van der Waals surface area contributed by atoms with Crippen molar-refractivity contribution < 1.29 is 8.78 Å². The van der Waals surface area contributed by atoms with E-state index in [1.54, 1.807) is 12.1 Å². The van der Waals surface area contributed by atoms with Crippen LogP contribution in [0.5, 0.6) is 0 Å². The highest BCUT2D eigenvalue weighted by atomic mass is 127. The molecule has 0 aliphatic carbocycles. The van der Waals surface area contributed by atoms with Crippen LogP contribution >= 0.6 is 22.6 Å². The molecule has 5 heteroatoms. The lowest BCUT2D eigenvalue weighted by molar-refractivity contribution is 0.402. The van der Waals surface area contributed by atoms with Gasteiger partial charge in [0.15, 0.2) is 0 Å². The van der Waals surface area contributed by atoms with Crippen molar-refractivity contribution in [2.45, 2.75) is 12.8 Å². The van der Waals surface area contributed by atoms with Gasteiger partial charge >= 0.3 is 0 Å². The Hall–Kier alpha value is -1.68. The Morgan fingerprint density at radius 1 is 1.18 bits per heavy atom. The minimum Gasteiger partial charge on any atom is -0.383 e. The van der Waals surface area contributed by atoms with Crippen molar-refractivity contribution in [1.29, 1.82) is 5.26 Å². The van der Waals surface area contributed by atoms with Crippen LogP contribution in [0.3, 0.4) is 0 Å². The number of anilines is 1. The second-order valence-electron chi connectivity index (χ2n) is 5.64. The van der Waals surface area contributed by atoms with Gasteiger partial charge in [0, 0.05) is 15.8 Å². The van der Waals surface area contributed by atoms with Crippen LogP contribution in [0.15, 0.2) is 36.4 Å². The van der Waals surface area contributed by atoms with Crippen LogP contribution in [-0.2, 0) is 12.8 Å². The monoisotopic (exact) mass is 410 g/mol. The summed E-state index contributed by atoms with van der Waals surface area (Å²) in [6, 6.07) is 11.6. The standard InChI is InChI=1S/C17H13F2IN2/c18-13-3-1-11(15(20)5-13)7-17(9-21)8-12-2-4-14(19)6-16(12)22-10-17/h1-6,22H,7-8,10H2/t17-/m1/s1. The van der Waals surface area contributed by atoms with E-state index in [0.29, 0.717) is 19.4 Å². The number of nitriles is 1. The van der Waals surface area contributed by atoms with E-state index in [2.05, 4.69) is 34.0 Å². The summed E-state index contributed by atoms with van der Waals surface area (Å²) < 4.78 is 27.3. The molecule has 0 saturated carbocycles. The van der Waals surface area contributed by atoms with E-state index in [0.717, 1.165) is 20.4 Å². The molecule has 1 N–H and O–H groups in total. The third-order valence-corrected chi connectivity index (χ3v) is 5.00. The van der Waals surface area contributed by atoms with E-state index in [-0.39, 0.29) is 11.6 Å². The molecule has 1 heterocycles. The SMILES string of the molecule is N#C[C@]1(Cc2ccc(F)cc2I)CNc2cc(F)ccc2C1. The number of nitrogens with one attached hydrogen (secondary N) is 1. The van der Waals surface area contributed by atoms with Gasteiger partial charge < -0.3 is 5.32 Å². The van der Waals surface area contributed by atoms with Crippen LogP contribution in [0.4, 0.5) is 14.5 Å². The maximum absolute atomic E-state index is 13.3. The highest BCUT2D eigenvalue weighted by Gasteiger charge is 2.35. The molecule has 0 spiro atoms. The molecule has 1 atom stereocenters. The summed E-state index contributed by atoms with van der Waals surface area (Å²) in [5, 5.41) is 12.8. The quantitative estimate of drug-likeness (QED) is 0.750. The largest absolute Gasteiger partial charge is 0.383 e. The molecule has 3 rings (SSSR count). The minimum absolute atomic E-state index is 0.276. The predicted molar refractivity (Wildman–Crippen MR) is 89.5 cm³/mol. The Kier molecular flexibility index (Phi) is 4.04. The van der Waals surface area contributed by atoms with Crippen LogP contribution in [-0.4, -0.2) is 6.54 Å². The number of rotatable bonds is 2. The van der Waals surface area contributed by atoms with Gasteiger partial charge in [0.05, 0.1) is 11.5 Å². The molecule has 1 aliphatic rings. The van der Waals surface area contributed by atoms with Crippen molar-refractivity contribution >= 4 is 28.3 Å². The Morgan fingerprint density at radius 3 is 2.64 bits per heavy atom. The van der Waals surface area contributed by atoms with Crippen molar-refractivity contribution in [2.24, 2.45) is 5.41 Å². The van der Waals surface area contributed by atoms with Crippen LogP contribution < -0.4 is 5.32 Å². The first-order chi connectivity index (χ1) is 10.5. The molecule has 2 aromatic rings. The van der Waals surface area contributed by atoms with Crippen molar-refractivity contribution in [3.63, 3.8) is 0 Å². The van der Waals surface area contributed by atoms with E-state index in [1.165, 1.54) is 24.3 Å². The zero-order valence-electron chi connectivity index (χ0n) is 11.7. The second-order valence-corrected chi connectivity index (χ2v) is 6.80. The lowest BCUT2D eigenvalue weighted by Crippen LogP contribution is -2.37. The molecule has 2 nitrogen and oxygen atoms in total. The van der Waals surface area contributed by atoms with Gasteiger partial charge in [0.2, 0.25) is 0 Å². The Balaban J connectivity index is 1.91. The molecule has 0 aromatic heterocycles. The fourth-order valence-corrected chi connectivity index (χ4v) is 3.50. The normalized spacial score (nSPS) is 19.9. The lowest BCUT2D eigenvalue weighted by Gasteiger charge is -2.33. The van der Waals surface area contributed by atoms with E-state index in [9.17, 15) is 14.0 Å². The summed E-state index contributed by atoms with van der Waals surface area (Å²) >= 11 is 2.09. The van der Waals surface area contributed by atoms with E-state index in [1.807, 2.05) is 0 Å². The molecule has 0 saturated heterocycles. The summed E-state index contributed by atoms with van der Waals surface area (Å²) in [6.07, 6.45) is 1.09. The summed E-state index contributed by atoms with van der Waals surface area (Å²) in [6.45, 7) is 0.452. The summed E-state index contributed by atoms with van der Waals surface area (Å²) in [4.78, 5) is 0. The maximum Gasteiger partial charge on any atom is 0.125 e. The third-order valence-electron chi connectivity index (χ3n) is 4.00. The first-order valence-electron chi connectivity index (χ1n) is 6.89. The average molecular weight is 410 g/mol. The molecule has 0 fully saturated rings. The molecule has 0 bridgehead atoms. The van der Waals surface area contributed by atoms with E-state index >= 15 is 0 Å². The molecule has 112 valence electrons. The van der Waals surface area contributed by atoms with Crippen LogP contribution in [0.1, 0.15) is 11.1 Å². The number of nitrogens with zero attached hydrogens (tertiary/aromatic N) is 1. The molecular formula is C17H13F2IN2. The molecule has 0 unspecified atom stereocenters. The van der Waals surface area contributed by atoms with Crippen molar-refractivity contribution in [3.05, 3.63) is 62.7 Å². The van der Waals surface area contributed by atoms with Gasteiger partial charge in [-0.2, -0.15) is 5.26 Å². The van der Waals surface area contributed by atoms with Crippen LogP contribution in [0, 0.1) is 32.0 Å². The molecular weight excluding hydrogens is 397 g/mol. The molecule has 0 radical (unpaired) electrons. The molecule has 2 aromatic carbocycles. The predicted octanol–water partition coefficient (Wildman–Crippen LogP) is 4.29. The lowest BCUT2D eigenvalue weighted by atomic mass is 9.75. The molecule has 1 aliphatic heterocycles. The minimum atomic E-state index is -0.609. The first-order valence-corrected chi connectivity index (χ1v) is 7.97. The fourth-order valence-electron chi connectivity index (χ4n) is 2.83. The topological polar surface area (TPSA) is 35.8 Å². The number of hydrogen-bond donors (Lipinski definition) is 1. The smallest absolute Gasteiger partial charge is 0.125 e. The fraction of sp³-hybridized carbons (Fsp3) is 0.235. The van der Waals surface area contributed by atoms with Crippen LogP contribution in [0.25, 0.3) is 0 Å².